The van der Waals surface area contributed by atoms with Gasteiger partial charge in [0.1, 0.15) is 5.82 Å². The fraction of sp³-hybridized carbons (Fsp3) is 0.238. The zero-order chi connectivity index (χ0) is 18.8. The summed E-state index contributed by atoms with van der Waals surface area (Å²) >= 11 is 1.53. The van der Waals surface area contributed by atoms with E-state index in [9.17, 15) is 0 Å². The SMILES string of the molecule is c1ccc(Cc2noc(CSc3nc(C4CC4)n(-c4ccccc4)n3)n2)cc1. The lowest BCUT2D eigenvalue weighted by Crippen LogP contribution is -2.01. The standard InChI is InChI=1S/C21H19N5OS/c1-3-7-15(8-4-1)13-18-22-19(27-25-18)14-28-21-23-20(16-11-12-16)26(24-21)17-9-5-2-6-10-17/h1-10,16H,11-14H2. The Labute approximate surface area is 167 Å². The predicted octanol–water partition coefficient (Wildman–Crippen LogP) is 4.41. The largest absolute Gasteiger partial charge is 0.338 e. The van der Waals surface area contributed by atoms with Crippen molar-refractivity contribution in [3.05, 3.63) is 83.8 Å². The molecule has 0 unspecified atom stereocenters. The molecule has 0 amide bonds. The molecule has 1 aliphatic rings. The van der Waals surface area contributed by atoms with Crippen LogP contribution in [0.25, 0.3) is 5.69 Å². The molecular weight excluding hydrogens is 370 g/mol. The molecule has 140 valence electrons. The molecule has 0 saturated heterocycles. The molecule has 2 aromatic heterocycles. The van der Waals surface area contributed by atoms with Gasteiger partial charge in [0.05, 0.1) is 11.4 Å². The van der Waals surface area contributed by atoms with Crippen molar-refractivity contribution in [3.63, 3.8) is 0 Å². The summed E-state index contributed by atoms with van der Waals surface area (Å²) < 4.78 is 7.36. The normalized spacial score (nSPS) is 13.7. The van der Waals surface area contributed by atoms with Crippen LogP contribution in [0.15, 0.2) is 70.3 Å². The van der Waals surface area contributed by atoms with Crippen LogP contribution >= 0.6 is 11.8 Å². The first kappa shape index (κ1) is 17.2. The van der Waals surface area contributed by atoms with Crippen molar-refractivity contribution >= 4 is 11.8 Å². The maximum Gasteiger partial charge on any atom is 0.237 e. The average molecular weight is 389 g/mol. The fourth-order valence-electron chi connectivity index (χ4n) is 3.06. The lowest BCUT2D eigenvalue weighted by Gasteiger charge is -2.03. The number of hydrogen-bond donors (Lipinski definition) is 0. The highest BCUT2D eigenvalue weighted by Gasteiger charge is 2.30. The zero-order valence-corrected chi connectivity index (χ0v) is 16.0. The summed E-state index contributed by atoms with van der Waals surface area (Å²) in [6, 6.07) is 20.3. The average Bonchev–Trinajstić information content (AvgIpc) is 3.34. The number of rotatable bonds is 7. The quantitative estimate of drug-likeness (QED) is 0.436. The summed E-state index contributed by atoms with van der Waals surface area (Å²) in [5, 5.41) is 9.54. The smallest absolute Gasteiger partial charge is 0.237 e. The molecule has 2 aromatic carbocycles. The van der Waals surface area contributed by atoms with E-state index in [2.05, 4.69) is 34.4 Å². The van der Waals surface area contributed by atoms with Crippen molar-refractivity contribution in [3.8, 4) is 5.69 Å². The monoisotopic (exact) mass is 389 g/mol. The van der Waals surface area contributed by atoms with E-state index in [1.165, 1.54) is 30.2 Å². The van der Waals surface area contributed by atoms with Crippen LogP contribution in [0.3, 0.4) is 0 Å². The molecule has 0 radical (unpaired) electrons. The first-order valence-corrected chi connectivity index (χ1v) is 10.3. The molecule has 5 rings (SSSR count). The summed E-state index contributed by atoms with van der Waals surface area (Å²) in [7, 11) is 0. The van der Waals surface area contributed by atoms with Crippen LogP contribution in [0, 0.1) is 0 Å². The summed E-state index contributed by atoms with van der Waals surface area (Å²) in [4.78, 5) is 9.26. The van der Waals surface area contributed by atoms with Gasteiger partial charge in [0.25, 0.3) is 0 Å². The molecule has 1 aliphatic carbocycles. The van der Waals surface area contributed by atoms with Crippen molar-refractivity contribution in [1.29, 1.82) is 0 Å². The van der Waals surface area contributed by atoms with Gasteiger partial charge in [-0.05, 0) is 30.5 Å². The van der Waals surface area contributed by atoms with E-state index in [4.69, 9.17) is 14.6 Å². The highest BCUT2D eigenvalue weighted by molar-refractivity contribution is 7.98. The molecule has 7 heteroatoms. The van der Waals surface area contributed by atoms with E-state index < -0.39 is 0 Å². The second-order valence-corrected chi connectivity index (χ2v) is 7.77. The zero-order valence-electron chi connectivity index (χ0n) is 15.2. The minimum absolute atomic E-state index is 0.517. The summed E-state index contributed by atoms with van der Waals surface area (Å²) in [5.41, 5.74) is 2.21. The summed E-state index contributed by atoms with van der Waals surface area (Å²) in [5.74, 6) is 3.42. The Bertz CT molecular complexity index is 1060. The summed E-state index contributed by atoms with van der Waals surface area (Å²) in [6.45, 7) is 0. The van der Waals surface area contributed by atoms with Crippen LogP contribution < -0.4 is 0 Å². The van der Waals surface area contributed by atoms with E-state index in [0.717, 1.165) is 16.7 Å². The molecule has 28 heavy (non-hydrogen) atoms. The molecule has 6 nitrogen and oxygen atoms in total. The molecule has 1 fully saturated rings. The Morgan fingerprint density at radius 3 is 2.46 bits per heavy atom. The Kier molecular flexibility index (Phi) is 4.66. The number of benzene rings is 2. The Balaban J connectivity index is 1.28. The highest BCUT2D eigenvalue weighted by Crippen LogP contribution is 2.40. The van der Waals surface area contributed by atoms with Crippen molar-refractivity contribution in [2.45, 2.75) is 36.1 Å². The number of hydrogen-bond acceptors (Lipinski definition) is 6. The second kappa shape index (κ2) is 7.59. The van der Waals surface area contributed by atoms with Crippen LogP contribution in [-0.2, 0) is 12.2 Å². The summed E-state index contributed by atoms with van der Waals surface area (Å²) in [6.07, 6.45) is 3.03. The molecule has 0 aliphatic heterocycles. The van der Waals surface area contributed by atoms with Crippen molar-refractivity contribution < 1.29 is 4.52 Å². The van der Waals surface area contributed by atoms with Crippen LogP contribution in [0.2, 0.25) is 0 Å². The van der Waals surface area contributed by atoms with Gasteiger partial charge in [0, 0.05) is 12.3 Å². The second-order valence-electron chi connectivity index (χ2n) is 6.83. The number of para-hydroxylation sites is 1. The maximum absolute atomic E-state index is 5.40. The Hall–Kier alpha value is -2.93. The van der Waals surface area contributed by atoms with E-state index >= 15 is 0 Å². The molecule has 0 spiro atoms. The van der Waals surface area contributed by atoms with Gasteiger partial charge >= 0.3 is 0 Å². The lowest BCUT2D eigenvalue weighted by atomic mass is 10.1. The third-order valence-corrected chi connectivity index (χ3v) is 5.42. The van der Waals surface area contributed by atoms with Gasteiger partial charge in [0.15, 0.2) is 5.82 Å². The van der Waals surface area contributed by atoms with E-state index in [1.807, 2.05) is 41.1 Å². The molecular formula is C21H19N5OS. The Morgan fingerprint density at radius 1 is 0.964 bits per heavy atom. The van der Waals surface area contributed by atoms with E-state index in [1.54, 1.807) is 0 Å². The van der Waals surface area contributed by atoms with Crippen molar-refractivity contribution in [2.24, 2.45) is 0 Å². The molecule has 0 bridgehead atoms. The minimum Gasteiger partial charge on any atom is -0.338 e. The molecule has 2 heterocycles. The van der Waals surface area contributed by atoms with E-state index in [0.29, 0.717) is 29.8 Å². The molecule has 0 atom stereocenters. The number of aromatic nitrogens is 5. The number of nitrogens with zero attached hydrogens (tertiary/aromatic N) is 5. The van der Waals surface area contributed by atoms with Gasteiger partial charge in [-0.15, -0.1) is 5.10 Å². The topological polar surface area (TPSA) is 69.6 Å². The first-order chi connectivity index (χ1) is 13.8. The van der Waals surface area contributed by atoms with Crippen LogP contribution in [0.5, 0.6) is 0 Å². The third kappa shape index (κ3) is 3.84. The van der Waals surface area contributed by atoms with Crippen molar-refractivity contribution in [1.82, 2.24) is 24.9 Å². The molecule has 0 N–H and O–H groups in total. The van der Waals surface area contributed by atoms with Crippen molar-refractivity contribution in [2.75, 3.05) is 0 Å². The van der Waals surface area contributed by atoms with Crippen LogP contribution in [0.1, 0.15) is 41.9 Å². The first-order valence-electron chi connectivity index (χ1n) is 9.36. The molecule has 1 saturated carbocycles. The van der Waals surface area contributed by atoms with Gasteiger partial charge in [-0.25, -0.2) is 9.67 Å². The van der Waals surface area contributed by atoms with E-state index in [-0.39, 0.29) is 0 Å². The lowest BCUT2D eigenvalue weighted by molar-refractivity contribution is 0.385. The van der Waals surface area contributed by atoms with Gasteiger partial charge in [-0.2, -0.15) is 4.98 Å². The predicted molar refractivity (Wildman–Crippen MR) is 106 cm³/mol. The Morgan fingerprint density at radius 2 is 1.71 bits per heavy atom. The number of thioether (sulfide) groups is 1. The maximum atomic E-state index is 5.40. The fourth-order valence-corrected chi connectivity index (χ4v) is 3.72. The van der Waals surface area contributed by atoms with Crippen LogP contribution in [-0.4, -0.2) is 24.9 Å². The minimum atomic E-state index is 0.517. The van der Waals surface area contributed by atoms with Gasteiger partial charge in [-0.1, -0.05) is 65.4 Å². The highest BCUT2D eigenvalue weighted by atomic mass is 32.2. The van der Waals surface area contributed by atoms with Gasteiger partial charge < -0.3 is 4.52 Å². The van der Waals surface area contributed by atoms with Gasteiger partial charge in [0.2, 0.25) is 11.0 Å². The third-order valence-electron chi connectivity index (χ3n) is 4.60. The van der Waals surface area contributed by atoms with Gasteiger partial charge in [-0.3, -0.25) is 0 Å². The van der Waals surface area contributed by atoms with Crippen LogP contribution in [0.4, 0.5) is 0 Å². The molecule has 4 aromatic rings.